The Balaban J connectivity index is 1.31. The summed E-state index contributed by atoms with van der Waals surface area (Å²) < 4.78 is 35.0. The van der Waals surface area contributed by atoms with Crippen LogP contribution in [0.3, 0.4) is 0 Å². The van der Waals surface area contributed by atoms with Crippen LogP contribution in [-0.2, 0) is 14.3 Å². The average molecular weight is 578 g/mol. The third-order valence-corrected chi connectivity index (χ3v) is 9.28. The average Bonchev–Trinajstić information content (AvgIpc) is 3.49. The minimum atomic E-state index is -0.988. The number of allylic oxidation sites excluding steroid dienone is 3. The SMILES string of the molecule is CC1=CC(F)=C(C[C@@H](C(=O)O)N2CCN(C(=O)[C@@H]3CN(C4CCOCC4)C[C@H]3c3ccc(Cl)cc3F)[C@@H](C)C2)C1. The highest BCUT2D eigenvalue weighted by molar-refractivity contribution is 6.30. The molecule has 0 bridgehead atoms. The van der Waals surface area contributed by atoms with Gasteiger partial charge in [-0.1, -0.05) is 23.2 Å². The van der Waals surface area contributed by atoms with Crippen LogP contribution in [0.15, 0.2) is 41.2 Å². The van der Waals surface area contributed by atoms with Crippen molar-refractivity contribution < 1.29 is 28.2 Å². The highest BCUT2D eigenvalue weighted by Crippen LogP contribution is 2.39. The maximum atomic E-state index is 15.1. The van der Waals surface area contributed by atoms with E-state index < -0.39 is 23.7 Å². The molecule has 1 aliphatic carbocycles. The van der Waals surface area contributed by atoms with E-state index in [9.17, 15) is 19.1 Å². The maximum Gasteiger partial charge on any atom is 0.321 e. The van der Waals surface area contributed by atoms with Gasteiger partial charge in [-0.2, -0.15) is 0 Å². The van der Waals surface area contributed by atoms with E-state index in [1.165, 1.54) is 12.1 Å². The quantitative estimate of drug-likeness (QED) is 0.510. The number of carboxylic acids is 1. The van der Waals surface area contributed by atoms with E-state index in [0.717, 1.165) is 18.4 Å². The molecule has 7 nitrogen and oxygen atoms in total. The Morgan fingerprint density at radius 3 is 2.52 bits per heavy atom. The lowest BCUT2D eigenvalue weighted by molar-refractivity contribution is -0.147. The van der Waals surface area contributed by atoms with Gasteiger partial charge in [0.15, 0.2) is 0 Å². The predicted octanol–water partition coefficient (Wildman–Crippen LogP) is 4.62. The summed E-state index contributed by atoms with van der Waals surface area (Å²) in [6, 6.07) is 3.87. The van der Waals surface area contributed by atoms with Gasteiger partial charge >= 0.3 is 5.97 Å². The van der Waals surface area contributed by atoms with Crippen molar-refractivity contribution >= 4 is 23.5 Å². The van der Waals surface area contributed by atoms with Crippen LogP contribution in [0.4, 0.5) is 8.78 Å². The highest BCUT2D eigenvalue weighted by Gasteiger charge is 2.45. The van der Waals surface area contributed by atoms with Crippen molar-refractivity contribution in [3.8, 4) is 0 Å². The minimum absolute atomic E-state index is 0.0303. The first-order valence-corrected chi connectivity index (χ1v) is 14.6. The molecule has 218 valence electrons. The summed E-state index contributed by atoms with van der Waals surface area (Å²) in [6.45, 7) is 7.37. The van der Waals surface area contributed by atoms with Crippen molar-refractivity contribution in [1.82, 2.24) is 14.7 Å². The predicted molar refractivity (Wildman–Crippen MR) is 148 cm³/mol. The molecule has 3 aliphatic heterocycles. The molecule has 1 N–H and O–H groups in total. The Morgan fingerprint density at radius 1 is 1.15 bits per heavy atom. The van der Waals surface area contributed by atoms with Gasteiger partial charge in [0.25, 0.3) is 0 Å². The van der Waals surface area contributed by atoms with E-state index in [2.05, 4.69) is 4.90 Å². The fourth-order valence-corrected chi connectivity index (χ4v) is 7.08. The normalized spacial score (nSPS) is 27.8. The molecule has 1 amide bonds. The molecule has 0 aromatic heterocycles. The number of ether oxygens (including phenoxy) is 1. The molecule has 4 atom stereocenters. The number of likely N-dealkylation sites (tertiary alicyclic amines) is 1. The van der Waals surface area contributed by atoms with Crippen molar-refractivity contribution in [2.45, 2.75) is 63.6 Å². The molecular formula is C30H38ClF2N3O4. The summed E-state index contributed by atoms with van der Waals surface area (Å²) in [4.78, 5) is 32.3. The van der Waals surface area contributed by atoms with Crippen LogP contribution in [0.25, 0.3) is 0 Å². The zero-order valence-corrected chi connectivity index (χ0v) is 23.9. The number of rotatable bonds is 7. The molecule has 10 heteroatoms. The number of aliphatic carboxylic acids is 1. The first kappa shape index (κ1) is 29.2. The van der Waals surface area contributed by atoms with Crippen LogP contribution in [0, 0.1) is 11.7 Å². The second-order valence-corrected chi connectivity index (χ2v) is 12.2. The molecular weight excluding hydrogens is 540 g/mol. The number of halogens is 3. The van der Waals surface area contributed by atoms with Gasteiger partial charge in [0.05, 0.1) is 5.92 Å². The van der Waals surface area contributed by atoms with Crippen LogP contribution in [0.5, 0.6) is 0 Å². The Bertz CT molecular complexity index is 1200. The largest absolute Gasteiger partial charge is 0.480 e. The number of piperazine rings is 1. The summed E-state index contributed by atoms with van der Waals surface area (Å²) >= 11 is 6.03. The molecule has 0 spiro atoms. The maximum absolute atomic E-state index is 15.1. The summed E-state index contributed by atoms with van der Waals surface area (Å²) in [6.07, 6.45) is 3.81. The van der Waals surface area contributed by atoms with Crippen LogP contribution >= 0.6 is 11.6 Å². The van der Waals surface area contributed by atoms with Crippen LogP contribution in [-0.4, -0.2) is 95.7 Å². The molecule has 3 heterocycles. The van der Waals surface area contributed by atoms with Crippen LogP contribution in [0.2, 0.25) is 5.02 Å². The molecule has 0 radical (unpaired) electrons. The van der Waals surface area contributed by atoms with Gasteiger partial charge in [0.1, 0.15) is 17.7 Å². The number of carbonyl (C=O) groups is 2. The lowest BCUT2D eigenvalue weighted by atomic mass is 9.87. The lowest BCUT2D eigenvalue weighted by Gasteiger charge is -2.43. The van der Waals surface area contributed by atoms with Crippen molar-refractivity contribution in [3.63, 3.8) is 0 Å². The first-order valence-electron chi connectivity index (χ1n) is 14.2. The molecule has 4 aliphatic rings. The molecule has 3 fully saturated rings. The van der Waals surface area contributed by atoms with Gasteiger partial charge in [0, 0.05) is 69.0 Å². The molecule has 0 unspecified atom stereocenters. The number of carboxylic acid groups (broad SMARTS) is 1. The van der Waals surface area contributed by atoms with Crippen molar-refractivity contribution in [2.24, 2.45) is 5.92 Å². The van der Waals surface area contributed by atoms with Crippen molar-refractivity contribution in [3.05, 3.63) is 57.7 Å². The zero-order valence-electron chi connectivity index (χ0n) is 23.1. The standard InChI is InChI=1S/C30H38ClF2N3O4/c1-18-11-20(26(32)12-18)13-28(30(38)39)34-7-8-36(19(2)15-34)29(37)25-17-35(22-5-9-40-10-6-22)16-24(25)23-4-3-21(31)14-27(23)33/h3-4,12,14,19,22,24-25,28H,5-11,13,15-17H2,1-2H3,(H,38,39)/t19-,24-,25+,28-/m0/s1. The van der Waals surface area contributed by atoms with E-state index in [1.54, 1.807) is 12.1 Å². The van der Waals surface area contributed by atoms with Crippen molar-refractivity contribution in [2.75, 3.05) is 45.9 Å². The van der Waals surface area contributed by atoms with E-state index >= 15 is 4.39 Å². The third-order valence-electron chi connectivity index (χ3n) is 9.05. The molecule has 5 rings (SSSR count). The van der Waals surface area contributed by atoms with E-state index in [1.807, 2.05) is 23.6 Å². The van der Waals surface area contributed by atoms with Gasteiger partial charge in [-0.15, -0.1) is 0 Å². The highest BCUT2D eigenvalue weighted by atomic mass is 35.5. The Hall–Kier alpha value is -2.33. The summed E-state index contributed by atoms with van der Waals surface area (Å²) in [5.41, 5.74) is 1.91. The Labute approximate surface area is 239 Å². The van der Waals surface area contributed by atoms with Gasteiger partial charge in [-0.25, -0.2) is 8.78 Å². The Kier molecular flexibility index (Phi) is 8.95. The van der Waals surface area contributed by atoms with Gasteiger partial charge < -0.3 is 14.7 Å². The van der Waals surface area contributed by atoms with Gasteiger partial charge in [0.2, 0.25) is 5.91 Å². The summed E-state index contributed by atoms with van der Waals surface area (Å²) in [7, 11) is 0. The lowest BCUT2D eigenvalue weighted by Crippen LogP contribution is -2.59. The van der Waals surface area contributed by atoms with E-state index in [0.29, 0.717) is 74.6 Å². The second kappa shape index (κ2) is 12.3. The fraction of sp³-hybridized carbons (Fsp3) is 0.600. The number of carbonyl (C=O) groups excluding carboxylic acids is 1. The van der Waals surface area contributed by atoms with Crippen molar-refractivity contribution in [1.29, 1.82) is 0 Å². The fourth-order valence-electron chi connectivity index (χ4n) is 6.93. The number of hydrogen-bond acceptors (Lipinski definition) is 5. The summed E-state index contributed by atoms with van der Waals surface area (Å²) in [5, 5.41) is 10.3. The molecule has 1 aromatic carbocycles. The number of amides is 1. The molecule has 40 heavy (non-hydrogen) atoms. The monoisotopic (exact) mass is 577 g/mol. The van der Waals surface area contributed by atoms with Crippen LogP contribution in [0.1, 0.15) is 51.0 Å². The topological polar surface area (TPSA) is 73.3 Å². The number of benzene rings is 1. The number of nitrogens with zero attached hydrogens (tertiary/aromatic N) is 3. The second-order valence-electron chi connectivity index (χ2n) is 11.7. The molecule has 1 aromatic rings. The summed E-state index contributed by atoms with van der Waals surface area (Å²) in [5.74, 6) is -2.48. The Morgan fingerprint density at radius 2 is 1.90 bits per heavy atom. The minimum Gasteiger partial charge on any atom is -0.480 e. The molecule has 3 saturated heterocycles. The first-order chi connectivity index (χ1) is 19.1. The third kappa shape index (κ3) is 6.12. The van der Waals surface area contributed by atoms with Gasteiger partial charge in [-0.05, 0) is 68.9 Å². The van der Waals surface area contributed by atoms with E-state index in [4.69, 9.17) is 16.3 Å². The molecule has 0 saturated carbocycles. The van der Waals surface area contributed by atoms with Gasteiger partial charge in [-0.3, -0.25) is 19.4 Å². The van der Waals surface area contributed by atoms with Crippen LogP contribution < -0.4 is 0 Å². The zero-order chi connectivity index (χ0) is 28.6. The number of hydrogen-bond donors (Lipinski definition) is 1. The smallest absolute Gasteiger partial charge is 0.321 e. The van der Waals surface area contributed by atoms with E-state index in [-0.39, 0.29) is 30.1 Å².